The molecule has 0 amide bonds. The largest absolute Gasteiger partial charge is 0.504 e. The van der Waals surface area contributed by atoms with Gasteiger partial charge in [0.25, 0.3) is 0 Å². The summed E-state index contributed by atoms with van der Waals surface area (Å²) in [7, 11) is 0. The van der Waals surface area contributed by atoms with E-state index < -0.39 is 0 Å². The quantitative estimate of drug-likeness (QED) is 0.681. The lowest BCUT2D eigenvalue weighted by Crippen LogP contribution is -1.98. The molecule has 0 radical (unpaired) electrons. The number of para-hydroxylation sites is 3. The van der Waals surface area contributed by atoms with Crippen molar-refractivity contribution < 1.29 is 9.84 Å². The molecule has 0 saturated carbocycles. The SMILES string of the molecule is NCc1cccc2cc(COc3ccccc3O)[nH]c12. The van der Waals surface area contributed by atoms with E-state index in [4.69, 9.17) is 10.5 Å². The smallest absolute Gasteiger partial charge is 0.161 e. The van der Waals surface area contributed by atoms with Gasteiger partial charge < -0.3 is 20.6 Å². The van der Waals surface area contributed by atoms with Gasteiger partial charge in [-0.15, -0.1) is 0 Å². The Bertz CT molecular complexity index is 734. The number of aromatic amines is 1. The van der Waals surface area contributed by atoms with Gasteiger partial charge in [0, 0.05) is 11.9 Å². The van der Waals surface area contributed by atoms with Crippen LogP contribution in [-0.4, -0.2) is 10.1 Å². The molecule has 3 rings (SSSR count). The Morgan fingerprint density at radius 2 is 1.95 bits per heavy atom. The Labute approximate surface area is 116 Å². The van der Waals surface area contributed by atoms with Gasteiger partial charge in [-0.2, -0.15) is 0 Å². The molecular weight excluding hydrogens is 252 g/mol. The number of hydrogen-bond donors (Lipinski definition) is 3. The van der Waals surface area contributed by atoms with E-state index in [0.29, 0.717) is 18.9 Å². The van der Waals surface area contributed by atoms with Gasteiger partial charge in [-0.05, 0) is 23.8 Å². The fourth-order valence-electron chi connectivity index (χ4n) is 2.26. The van der Waals surface area contributed by atoms with E-state index in [0.717, 1.165) is 22.2 Å². The van der Waals surface area contributed by atoms with Crippen LogP contribution >= 0.6 is 0 Å². The number of H-pyrrole nitrogens is 1. The first-order chi connectivity index (χ1) is 9.78. The second-order valence-corrected chi connectivity index (χ2v) is 4.64. The molecule has 1 heterocycles. The first-order valence-corrected chi connectivity index (χ1v) is 6.48. The van der Waals surface area contributed by atoms with Crippen LogP contribution < -0.4 is 10.5 Å². The van der Waals surface area contributed by atoms with E-state index in [9.17, 15) is 5.11 Å². The molecule has 0 fully saturated rings. The van der Waals surface area contributed by atoms with Crippen LogP contribution in [0, 0.1) is 0 Å². The van der Waals surface area contributed by atoms with Gasteiger partial charge in [0.1, 0.15) is 6.61 Å². The summed E-state index contributed by atoms with van der Waals surface area (Å²) in [5.74, 6) is 0.622. The zero-order valence-electron chi connectivity index (χ0n) is 11.0. The fraction of sp³-hybridized carbons (Fsp3) is 0.125. The van der Waals surface area contributed by atoms with Crippen molar-refractivity contribution in [3.05, 3.63) is 59.8 Å². The van der Waals surface area contributed by atoms with Gasteiger partial charge in [-0.1, -0.05) is 30.3 Å². The molecule has 4 N–H and O–H groups in total. The summed E-state index contributed by atoms with van der Waals surface area (Å²) in [6.45, 7) is 0.869. The molecule has 1 aromatic heterocycles. The van der Waals surface area contributed by atoms with E-state index in [1.54, 1.807) is 18.2 Å². The average molecular weight is 268 g/mol. The van der Waals surface area contributed by atoms with Crippen LogP contribution in [-0.2, 0) is 13.2 Å². The number of hydrogen-bond acceptors (Lipinski definition) is 3. The first kappa shape index (κ1) is 12.6. The van der Waals surface area contributed by atoms with Crippen molar-refractivity contribution >= 4 is 10.9 Å². The summed E-state index contributed by atoms with van der Waals surface area (Å²) in [5.41, 5.74) is 8.80. The number of phenolic OH excluding ortho intramolecular Hbond substituents is 1. The molecule has 0 spiro atoms. The maximum Gasteiger partial charge on any atom is 0.161 e. The molecule has 0 saturated heterocycles. The van der Waals surface area contributed by atoms with Crippen molar-refractivity contribution in [3.8, 4) is 11.5 Å². The van der Waals surface area contributed by atoms with Crippen LogP contribution in [0.25, 0.3) is 10.9 Å². The minimum absolute atomic E-state index is 0.145. The molecule has 2 aromatic carbocycles. The number of nitrogens with one attached hydrogen (secondary N) is 1. The van der Waals surface area contributed by atoms with Gasteiger partial charge in [-0.3, -0.25) is 0 Å². The predicted octanol–water partition coefficient (Wildman–Crippen LogP) is 2.91. The second kappa shape index (κ2) is 5.27. The van der Waals surface area contributed by atoms with Crippen molar-refractivity contribution in [1.82, 2.24) is 4.98 Å². The highest BCUT2D eigenvalue weighted by Gasteiger charge is 2.06. The average Bonchev–Trinajstić information content (AvgIpc) is 2.89. The standard InChI is InChI=1S/C16H16N2O2/c17-9-12-5-3-4-11-8-13(18-16(11)12)10-20-15-7-2-1-6-14(15)19/h1-8,18-19H,9-10,17H2. The number of aromatic nitrogens is 1. The van der Waals surface area contributed by atoms with Crippen LogP contribution in [0.3, 0.4) is 0 Å². The molecule has 3 aromatic rings. The summed E-state index contributed by atoms with van der Waals surface area (Å²) in [5, 5.41) is 10.8. The maximum absolute atomic E-state index is 9.66. The van der Waals surface area contributed by atoms with E-state index in [1.807, 2.05) is 30.3 Å². The van der Waals surface area contributed by atoms with Crippen LogP contribution in [0.5, 0.6) is 11.5 Å². The van der Waals surface area contributed by atoms with E-state index in [1.165, 1.54) is 0 Å². The molecule has 0 aliphatic carbocycles. The molecule has 4 nitrogen and oxygen atoms in total. The number of ether oxygens (including phenoxy) is 1. The molecule has 0 atom stereocenters. The lowest BCUT2D eigenvalue weighted by atomic mass is 10.1. The van der Waals surface area contributed by atoms with Gasteiger partial charge in [0.15, 0.2) is 11.5 Å². The molecule has 102 valence electrons. The van der Waals surface area contributed by atoms with Crippen molar-refractivity contribution in [2.75, 3.05) is 0 Å². The van der Waals surface area contributed by atoms with E-state index in [-0.39, 0.29) is 5.75 Å². The van der Waals surface area contributed by atoms with Crippen LogP contribution in [0.1, 0.15) is 11.3 Å². The monoisotopic (exact) mass is 268 g/mol. The van der Waals surface area contributed by atoms with Crippen LogP contribution in [0.2, 0.25) is 0 Å². The second-order valence-electron chi connectivity index (χ2n) is 4.64. The Kier molecular flexibility index (Phi) is 3.31. The number of fused-ring (bicyclic) bond motifs is 1. The predicted molar refractivity (Wildman–Crippen MR) is 78.6 cm³/mol. The minimum Gasteiger partial charge on any atom is -0.504 e. The van der Waals surface area contributed by atoms with Gasteiger partial charge >= 0.3 is 0 Å². The highest BCUT2D eigenvalue weighted by atomic mass is 16.5. The molecule has 0 aliphatic rings. The van der Waals surface area contributed by atoms with Gasteiger partial charge in [0.05, 0.1) is 11.2 Å². The maximum atomic E-state index is 9.66. The Morgan fingerprint density at radius 1 is 1.10 bits per heavy atom. The topological polar surface area (TPSA) is 71.3 Å². The Hall–Kier alpha value is -2.46. The number of benzene rings is 2. The Morgan fingerprint density at radius 3 is 2.75 bits per heavy atom. The molecule has 0 bridgehead atoms. The van der Waals surface area contributed by atoms with Crippen molar-refractivity contribution in [1.29, 1.82) is 0 Å². The van der Waals surface area contributed by atoms with Gasteiger partial charge in [-0.25, -0.2) is 0 Å². The lowest BCUT2D eigenvalue weighted by Gasteiger charge is -2.06. The molecule has 0 aliphatic heterocycles. The van der Waals surface area contributed by atoms with Crippen molar-refractivity contribution in [2.45, 2.75) is 13.2 Å². The molecule has 20 heavy (non-hydrogen) atoms. The minimum atomic E-state index is 0.145. The normalized spacial score (nSPS) is 10.8. The van der Waals surface area contributed by atoms with E-state index in [2.05, 4.69) is 4.98 Å². The third kappa shape index (κ3) is 2.33. The third-order valence-corrected chi connectivity index (χ3v) is 3.27. The number of aromatic hydroxyl groups is 1. The lowest BCUT2D eigenvalue weighted by molar-refractivity contribution is 0.286. The molecule has 4 heteroatoms. The van der Waals surface area contributed by atoms with Gasteiger partial charge in [0.2, 0.25) is 0 Å². The van der Waals surface area contributed by atoms with Crippen molar-refractivity contribution in [2.24, 2.45) is 5.73 Å². The van der Waals surface area contributed by atoms with Crippen molar-refractivity contribution in [3.63, 3.8) is 0 Å². The summed E-state index contributed by atoms with van der Waals surface area (Å²) in [6.07, 6.45) is 0. The summed E-state index contributed by atoms with van der Waals surface area (Å²) in [4.78, 5) is 3.32. The summed E-state index contributed by atoms with van der Waals surface area (Å²) < 4.78 is 5.61. The summed E-state index contributed by atoms with van der Waals surface area (Å²) in [6, 6.07) is 15.0. The molecular formula is C16H16N2O2. The fourth-order valence-corrected chi connectivity index (χ4v) is 2.26. The highest BCUT2D eigenvalue weighted by molar-refractivity contribution is 5.83. The number of phenols is 1. The summed E-state index contributed by atoms with van der Waals surface area (Å²) >= 11 is 0. The highest BCUT2D eigenvalue weighted by Crippen LogP contribution is 2.26. The third-order valence-electron chi connectivity index (χ3n) is 3.27. The zero-order valence-corrected chi connectivity index (χ0v) is 11.0. The van der Waals surface area contributed by atoms with E-state index >= 15 is 0 Å². The number of rotatable bonds is 4. The molecule has 0 unspecified atom stereocenters. The van der Waals surface area contributed by atoms with Crippen LogP contribution in [0.15, 0.2) is 48.5 Å². The number of nitrogens with two attached hydrogens (primary N) is 1. The first-order valence-electron chi connectivity index (χ1n) is 6.48. The zero-order chi connectivity index (χ0) is 13.9. The Balaban J connectivity index is 1.83. The van der Waals surface area contributed by atoms with Crippen LogP contribution in [0.4, 0.5) is 0 Å².